The summed E-state index contributed by atoms with van der Waals surface area (Å²) in [6.45, 7) is 10.8. The smallest absolute Gasteiger partial charge is 0.123 e. The molecule has 7 nitrogen and oxygen atoms in total. The van der Waals surface area contributed by atoms with Crippen molar-refractivity contribution in [2.24, 2.45) is 0 Å². The number of nitrogens with one attached hydrogen (secondary N) is 4. The van der Waals surface area contributed by atoms with Gasteiger partial charge in [0.1, 0.15) is 11.6 Å². The van der Waals surface area contributed by atoms with E-state index in [0.717, 1.165) is 56.3 Å². The molecule has 0 saturated heterocycles. The Kier molecular flexibility index (Phi) is 5.38. The highest BCUT2D eigenvalue weighted by molar-refractivity contribution is 6.00. The molecule has 1 aliphatic carbocycles. The summed E-state index contributed by atoms with van der Waals surface area (Å²) >= 11 is 0. The first-order valence-electron chi connectivity index (χ1n) is 12.5. The third kappa shape index (κ3) is 3.85. The number of rotatable bonds is 7. The van der Waals surface area contributed by atoms with Crippen LogP contribution in [0.5, 0.6) is 0 Å². The third-order valence-electron chi connectivity index (χ3n) is 7.35. The highest BCUT2D eigenvalue weighted by Crippen LogP contribution is 2.35. The largest absolute Gasteiger partial charge is 0.344 e. The van der Waals surface area contributed by atoms with Crippen molar-refractivity contribution in [3.63, 3.8) is 0 Å². The first-order chi connectivity index (χ1) is 17.4. The van der Waals surface area contributed by atoms with E-state index in [1.807, 2.05) is 12.4 Å². The van der Waals surface area contributed by atoms with Gasteiger partial charge < -0.3 is 15.0 Å². The van der Waals surface area contributed by atoms with Crippen LogP contribution in [0.25, 0.3) is 44.7 Å². The van der Waals surface area contributed by atoms with Gasteiger partial charge in [-0.3, -0.25) is 5.32 Å². The van der Waals surface area contributed by atoms with Crippen molar-refractivity contribution >= 4 is 11.0 Å². The molecule has 0 amide bonds. The van der Waals surface area contributed by atoms with Crippen LogP contribution in [0.4, 0.5) is 0 Å². The molecule has 5 aromatic rings. The summed E-state index contributed by atoms with van der Waals surface area (Å²) in [5.41, 5.74) is 11.2. The molecule has 3 aromatic heterocycles. The quantitative estimate of drug-likeness (QED) is 0.201. The summed E-state index contributed by atoms with van der Waals surface area (Å²) in [4.78, 5) is 24.1. The number of imidazole rings is 3. The molecule has 0 bridgehead atoms. The van der Waals surface area contributed by atoms with E-state index in [9.17, 15) is 0 Å². The van der Waals surface area contributed by atoms with Crippen LogP contribution in [0.2, 0.25) is 0 Å². The Hall–Kier alpha value is -3.97. The van der Waals surface area contributed by atoms with Gasteiger partial charge in [-0.15, -0.1) is 0 Å². The van der Waals surface area contributed by atoms with Crippen LogP contribution in [-0.2, 0) is 0 Å². The van der Waals surface area contributed by atoms with Gasteiger partial charge in [0.05, 0.1) is 53.2 Å². The lowest BCUT2D eigenvalue weighted by atomic mass is 9.99. The summed E-state index contributed by atoms with van der Waals surface area (Å²) in [5.74, 6) is 2.28. The highest BCUT2D eigenvalue weighted by Gasteiger charge is 2.30. The second kappa shape index (κ2) is 8.60. The van der Waals surface area contributed by atoms with E-state index in [1.54, 1.807) is 6.33 Å². The molecule has 0 fully saturated rings. The number of benzene rings is 2. The summed E-state index contributed by atoms with van der Waals surface area (Å²) in [5, 5.41) is 3.62. The normalized spacial score (nSPS) is 14.8. The lowest BCUT2D eigenvalue weighted by molar-refractivity contribution is 0.554. The Morgan fingerprint density at radius 1 is 0.750 bits per heavy atom. The van der Waals surface area contributed by atoms with Crippen molar-refractivity contribution in [1.29, 1.82) is 0 Å². The fourth-order valence-electron chi connectivity index (χ4n) is 4.84. The first-order valence-corrected chi connectivity index (χ1v) is 12.5. The van der Waals surface area contributed by atoms with E-state index >= 15 is 0 Å². The summed E-state index contributed by atoms with van der Waals surface area (Å²) in [6.07, 6.45) is 5.57. The molecule has 0 aliphatic heterocycles. The Morgan fingerprint density at radius 2 is 1.39 bits per heavy atom. The SMILES string of the molecule is CC1=C(C)C1NC(C)c1ncc(-c2ccc(-c3ccc(-c4cnc(C(C)C)[nH]4)c4nc[nH]c34)cc2)[nH]1. The number of H-pyrrole nitrogens is 3. The van der Waals surface area contributed by atoms with Gasteiger partial charge in [0.15, 0.2) is 0 Å². The van der Waals surface area contributed by atoms with Crippen molar-refractivity contribution in [3.05, 3.63) is 77.9 Å². The van der Waals surface area contributed by atoms with E-state index in [-0.39, 0.29) is 6.04 Å². The number of fused-ring (bicyclic) bond motifs is 1. The minimum absolute atomic E-state index is 0.161. The molecule has 36 heavy (non-hydrogen) atoms. The van der Waals surface area contributed by atoms with Gasteiger partial charge in [0.25, 0.3) is 0 Å². The molecule has 1 unspecified atom stereocenters. The van der Waals surface area contributed by atoms with Crippen molar-refractivity contribution < 1.29 is 0 Å². The molecule has 1 aliphatic rings. The maximum atomic E-state index is 4.63. The number of hydrogen-bond donors (Lipinski definition) is 4. The predicted molar refractivity (Wildman–Crippen MR) is 144 cm³/mol. The lowest BCUT2D eigenvalue weighted by Gasteiger charge is -2.11. The molecular weight excluding hydrogens is 446 g/mol. The number of nitrogens with zero attached hydrogens (tertiary/aromatic N) is 3. The van der Waals surface area contributed by atoms with Gasteiger partial charge in [-0.25, -0.2) is 15.0 Å². The van der Waals surface area contributed by atoms with Crippen molar-refractivity contribution in [1.82, 2.24) is 35.2 Å². The molecule has 0 radical (unpaired) electrons. The van der Waals surface area contributed by atoms with Gasteiger partial charge in [0.2, 0.25) is 0 Å². The standard InChI is InChI=1S/C29H31N7/c1-15(2)28-30-13-24(36-28)22-11-10-21(26-27(22)33-14-32-26)19-6-8-20(9-7-19)23-12-31-29(35-23)18(5)34-25-16(3)17(25)4/h6-15,18,25,34H,1-5H3,(H,30,36)(H,31,35)(H,32,33). The number of hydrogen-bond acceptors (Lipinski definition) is 4. The zero-order valence-electron chi connectivity index (χ0n) is 21.3. The second-order valence-corrected chi connectivity index (χ2v) is 10.1. The average molecular weight is 478 g/mol. The van der Waals surface area contributed by atoms with Crippen LogP contribution < -0.4 is 5.32 Å². The molecule has 2 aromatic carbocycles. The summed E-state index contributed by atoms with van der Waals surface area (Å²) < 4.78 is 0. The van der Waals surface area contributed by atoms with Crippen LogP contribution in [0.15, 0.2) is 66.3 Å². The fraction of sp³-hybridized carbons (Fsp3) is 0.276. The monoisotopic (exact) mass is 477 g/mol. The van der Waals surface area contributed by atoms with Crippen molar-refractivity contribution in [2.45, 2.75) is 52.6 Å². The van der Waals surface area contributed by atoms with Crippen LogP contribution >= 0.6 is 0 Å². The van der Waals surface area contributed by atoms with Crippen LogP contribution in [0, 0.1) is 0 Å². The van der Waals surface area contributed by atoms with Crippen LogP contribution in [-0.4, -0.2) is 35.9 Å². The van der Waals surface area contributed by atoms with Crippen molar-refractivity contribution in [2.75, 3.05) is 0 Å². The van der Waals surface area contributed by atoms with E-state index in [0.29, 0.717) is 12.0 Å². The molecule has 4 N–H and O–H groups in total. The van der Waals surface area contributed by atoms with Crippen LogP contribution in [0.3, 0.4) is 0 Å². The molecule has 0 saturated carbocycles. The fourth-order valence-corrected chi connectivity index (χ4v) is 4.84. The van der Waals surface area contributed by atoms with E-state index in [2.05, 4.69) is 106 Å². The zero-order valence-corrected chi connectivity index (χ0v) is 21.3. The molecule has 182 valence electrons. The Labute approximate surface area is 210 Å². The summed E-state index contributed by atoms with van der Waals surface area (Å²) in [7, 11) is 0. The molecule has 7 heteroatoms. The first kappa shape index (κ1) is 22.5. The maximum Gasteiger partial charge on any atom is 0.123 e. The Balaban J connectivity index is 1.25. The van der Waals surface area contributed by atoms with Gasteiger partial charge in [0, 0.05) is 17.0 Å². The predicted octanol–water partition coefficient (Wildman–Crippen LogP) is 6.50. The maximum absolute atomic E-state index is 4.63. The van der Waals surface area contributed by atoms with E-state index in [1.165, 1.54) is 11.1 Å². The second-order valence-electron chi connectivity index (χ2n) is 10.1. The topological polar surface area (TPSA) is 98.1 Å². The molecular formula is C29H31N7. The van der Waals surface area contributed by atoms with E-state index in [4.69, 9.17) is 0 Å². The molecule has 3 heterocycles. The van der Waals surface area contributed by atoms with Crippen LogP contribution in [0.1, 0.15) is 58.2 Å². The minimum atomic E-state index is 0.161. The van der Waals surface area contributed by atoms with Gasteiger partial charge in [-0.05, 0) is 38.0 Å². The molecule has 6 rings (SSSR count). The number of aromatic amines is 3. The summed E-state index contributed by atoms with van der Waals surface area (Å²) in [6, 6.07) is 13.4. The van der Waals surface area contributed by atoms with Gasteiger partial charge >= 0.3 is 0 Å². The molecule has 0 spiro atoms. The molecule has 1 atom stereocenters. The lowest BCUT2D eigenvalue weighted by Crippen LogP contribution is -2.24. The zero-order chi connectivity index (χ0) is 25.0. The minimum Gasteiger partial charge on any atom is -0.344 e. The van der Waals surface area contributed by atoms with E-state index < -0.39 is 0 Å². The Bertz CT molecular complexity index is 1570. The van der Waals surface area contributed by atoms with Gasteiger partial charge in [-0.2, -0.15) is 0 Å². The van der Waals surface area contributed by atoms with Gasteiger partial charge in [-0.1, -0.05) is 55.3 Å². The number of aromatic nitrogens is 6. The third-order valence-corrected chi connectivity index (χ3v) is 7.35. The average Bonchev–Trinajstić information content (AvgIpc) is 3.49. The Morgan fingerprint density at radius 3 is 2.08 bits per heavy atom. The van der Waals surface area contributed by atoms with Crippen molar-refractivity contribution in [3.8, 4) is 33.6 Å². The highest BCUT2D eigenvalue weighted by atomic mass is 15.1.